The number of ether oxygens (including phenoxy) is 1. The zero-order valence-electron chi connectivity index (χ0n) is 14.8. The maximum atomic E-state index is 13.2. The van der Waals surface area contributed by atoms with Gasteiger partial charge in [-0.15, -0.1) is 11.3 Å². The van der Waals surface area contributed by atoms with Crippen LogP contribution in [0.2, 0.25) is 0 Å². The number of aromatic nitrogens is 2. The number of aryl methyl sites for hydroxylation is 2. The second-order valence-electron chi connectivity index (χ2n) is 6.86. The van der Waals surface area contributed by atoms with Crippen molar-refractivity contribution < 1.29 is 9.53 Å². The summed E-state index contributed by atoms with van der Waals surface area (Å²) in [5.41, 5.74) is 2.11. The third-order valence-corrected chi connectivity index (χ3v) is 5.99. The molecule has 0 saturated carbocycles. The first-order valence-electron chi connectivity index (χ1n) is 8.76. The van der Waals surface area contributed by atoms with Gasteiger partial charge in [0.25, 0.3) is 0 Å². The molecule has 2 aliphatic rings. The number of amides is 1. The fourth-order valence-electron chi connectivity index (χ4n) is 3.79. The molecular formula is C18H24N4O2S. The van der Waals surface area contributed by atoms with Crippen LogP contribution in [0.25, 0.3) is 0 Å². The van der Waals surface area contributed by atoms with Gasteiger partial charge in [-0.05, 0) is 19.1 Å². The molecule has 0 unspecified atom stereocenters. The molecule has 0 radical (unpaired) electrons. The zero-order chi connectivity index (χ0) is 17.4. The van der Waals surface area contributed by atoms with Crippen LogP contribution >= 0.6 is 11.3 Å². The molecule has 1 saturated heterocycles. The van der Waals surface area contributed by atoms with Crippen molar-refractivity contribution in [2.75, 3.05) is 32.8 Å². The summed E-state index contributed by atoms with van der Waals surface area (Å²) in [5.74, 6) is 0.0654. The summed E-state index contributed by atoms with van der Waals surface area (Å²) in [6.07, 6.45) is 1.84. The van der Waals surface area contributed by atoms with Crippen molar-refractivity contribution in [1.82, 2.24) is 19.4 Å². The second-order valence-corrected chi connectivity index (χ2v) is 8.23. The Morgan fingerprint density at radius 1 is 1.36 bits per heavy atom. The van der Waals surface area contributed by atoms with Gasteiger partial charge in [-0.2, -0.15) is 0 Å². The second kappa shape index (κ2) is 6.90. The van der Waals surface area contributed by atoms with Gasteiger partial charge in [0, 0.05) is 49.5 Å². The number of rotatable bonds is 3. The number of carbonyl (C=O) groups is 1. The van der Waals surface area contributed by atoms with Crippen molar-refractivity contribution in [3.63, 3.8) is 0 Å². The van der Waals surface area contributed by atoms with E-state index in [0.717, 1.165) is 31.0 Å². The maximum absolute atomic E-state index is 13.2. The molecule has 6 nitrogen and oxygen atoms in total. The smallest absolute Gasteiger partial charge is 0.233 e. The Labute approximate surface area is 152 Å². The third kappa shape index (κ3) is 3.36. The number of imidazole rings is 1. The van der Waals surface area contributed by atoms with Crippen LogP contribution in [0.15, 0.2) is 18.5 Å². The van der Waals surface area contributed by atoms with Crippen LogP contribution in [0.3, 0.4) is 0 Å². The van der Waals surface area contributed by atoms with E-state index in [2.05, 4.69) is 28.9 Å². The number of hydrogen-bond acceptors (Lipinski definition) is 5. The fraction of sp³-hybridized carbons (Fsp3) is 0.556. The average Bonchev–Trinajstić information content (AvgIpc) is 3.20. The van der Waals surface area contributed by atoms with Gasteiger partial charge in [0.2, 0.25) is 5.91 Å². The topological polar surface area (TPSA) is 50.6 Å². The highest BCUT2D eigenvalue weighted by atomic mass is 32.1. The quantitative estimate of drug-likeness (QED) is 0.837. The molecule has 0 aliphatic carbocycles. The van der Waals surface area contributed by atoms with Gasteiger partial charge in [0.1, 0.15) is 0 Å². The Balaban J connectivity index is 1.57. The van der Waals surface area contributed by atoms with Crippen LogP contribution in [-0.2, 0) is 29.7 Å². The van der Waals surface area contributed by atoms with Crippen LogP contribution in [0.1, 0.15) is 27.1 Å². The van der Waals surface area contributed by atoms with Crippen molar-refractivity contribution >= 4 is 17.2 Å². The van der Waals surface area contributed by atoms with Gasteiger partial charge in [-0.3, -0.25) is 9.69 Å². The van der Waals surface area contributed by atoms with E-state index in [-0.39, 0.29) is 11.8 Å². The van der Waals surface area contributed by atoms with Gasteiger partial charge in [-0.25, -0.2) is 4.98 Å². The number of morpholine rings is 1. The Morgan fingerprint density at radius 3 is 2.88 bits per heavy atom. The molecule has 25 heavy (non-hydrogen) atoms. The molecule has 2 aromatic rings. The molecule has 4 rings (SSSR count). The molecule has 1 amide bonds. The fourth-order valence-corrected chi connectivity index (χ4v) is 4.72. The summed E-state index contributed by atoms with van der Waals surface area (Å²) in [4.78, 5) is 24.7. The van der Waals surface area contributed by atoms with E-state index in [9.17, 15) is 4.79 Å². The lowest BCUT2D eigenvalue weighted by Crippen LogP contribution is -2.47. The lowest BCUT2D eigenvalue weighted by atomic mass is 9.96. The molecular weight excluding hydrogens is 336 g/mol. The van der Waals surface area contributed by atoms with E-state index in [1.807, 2.05) is 34.2 Å². The zero-order valence-corrected chi connectivity index (χ0v) is 15.6. The number of hydrogen-bond donors (Lipinski definition) is 0. The molecule has 134 valence electrons. The molecule has 0 bridgehead atoms. The van der Waals surface area contributed by atoms with E-state index in [4.69, 9.17) is 4.74 Å². The minimum Gasteiger partial charge on any atom is -0.378 e. The molecule has 2 aromatic heterocycles. The Bertz CT molecular complexity index is 763. The highest BCUT2D eigenvalue weighted by Crippen LogP contribution is 2.31. The normalized spacial score (nSPS) is 21.4. The van der Waals surface area contributed by atoms with Crippen LogP contribution < -0.4 is 0 Å². The third-order valence-electron chi connectivity index (χ3n) is 5.00. The molecule has 4 heterocycles. The Kier molecular flexibility index (Phi) is 4.62. The Morgan fingerprint density at radius 2 is 2.16 bits per heavy atom. The maximum Gasteiger partial charge on any atom is 0.233 e. The van der Waals surface area contributed by atoms with Crippen molar-refractivity contribution in [3.05, 3.63) is 39.6 Å². The number of fused-ring (bicyclic) bond motifs is 1. The average molecular weight is 360 g/mol. The van der Waals surface area contributed by atoms with Crippen LogP contribution in [-0.4, -0.2) is 58.1 Å². The lowest BCUT2D eigenvalue weighted by molar-refractivity contribution is -0.138. The predicted octanol–water partition coefficient (Wildman–Crippen LogP) is 1.75. The minimum atomic E-state index is -0.143. The summed E-state index contributed by atoms with van der Waals surface area (Å²) in [5, 5.41) is 0. The summed E-state index contributed by atoms with van der Waals surface area (Å²) in [6.45, 7) is 7.20. The first kappa shape index (κ1) is 16.8. The monoisotopic (exact) mass is 360 g/mol. The molecule has 7 heteroatoms. The minimum absolute atomic E-state index is 0.143. The van der Waals surface area contributed by atoms with Crippen LogP contribution in [0.5, 0.6) is 0 Å². The van der Waals surface area contributed by atoms with Gasteiger partial charge in [0.05, 0.1) is 36.8 Å². The largest absolute Gasteiger partial charge is 0.378 e. The molecule has 0 spiro atoms. The van der Waals surface area contributed by atoms with Crippen molar-refractivity contribution in [2.45, 2.75) is 25.9 Å². The number of thiophene rings is 1. The summed E-state index contributed by atoms with van der Waals surface area (Å²) in [7, 11) is 1.99. The highest BCUT2D eigenvalue weighted by molar-refractivity contribution is 7.11. The molecule has 2 aliphatic heterocycles. The van der Waals surface area contributed by atoms with Gasteiger partial charge in [-0.1, -0.05) is 0 Å². The van der Waals surface area contributed by atoms with E-state index in [1.165, 1.54) is 9.75 Å². The first-order valence-corrected chi connectivity index (χ1v) is 9.58. The first-order chi connectivity index (χ1) is 12.1. The highest BCUT2D eigenvalue weighted by Gasteiger charge is 2.36. The van der Waals surface area contributed by atoms with E-state index >= 15 is 0 Å². The molecule has 1 fully saturated rings. The van der Waals surface area contributed by atoms with Crippen molar-refractivity contribution in [3.8, 4) is 0 Å². The van der Waals surface area contributed by atoms with E-state index in [0.29, 0.717) is 26.3 Å². The predicted molar refractivity (Wildman–Crippen MR) is 96.5 cm³/mol. The standard InChI is InChI=1S/C18H24N4O2S/c1-13-3-4-14(25-13)9-21-10-15(17-16(11-21)19-12-20(17)2)18(23)22-5-7-24-8-6-22/h3-4,12,15H,5-11H2,1-2H3/t15-/m1/s1. The number of nitrogens with zero attached hydrogens (tertiary/aromatic N) is 4. The summed E-state index contributed by atoms with van der Waals surface area (Å²) in [6, 6.07) is 4.35. The van der Waals surface area contributed by atoms with Crippen molar-refractivity contribution in [1.29, 1.82) is 0 Å². The Hall–Kier alpha value is -1.70. The summed E-state index contributed by atoms with van der Waals surface area (Å²) < 4.78 is 7.42. The van der Waals surface area contributed by atoms with Gasteiger partial charge >= 0.3 is 0 Å². The molecule has 0 N–H and O–H groups in total. The number of carbonyl (C=O) groups excluding carboxylic acids is 1. The SMILES string of the molecule is Cc1ccc(CN2Cc3ncn(C)c3[C@H](C(=O)N3CCOCC3)C2)s1. The van der Waals surface area contributed by atoms with Crippen LogP contribution in [0.4, 0.5) is 0 Å². The van der Waals surface area contributed by atoms with E-state index < -0.39 is 0 Å². The molecule has 1 atom stereocenters. The van der Waals surface area contributed by atoms with Gasteiger partial charge in [0.15, 0.2) is 0 Å². The van der Waals surface area contributed by atoms with E-state index in [1.54, 1.807) is 0 Å². The molecule has 0 aromatic carbocycles. The van der Waals surface area contributed by atoms with Crippen LogP contribution in [0, 0.1) is 6.92 Å². The summed E-state index contributed by atoms with van der Waals surface area (Å²) >= 11 is 1.83. The van der Waals surface area contributed by atoms with Crippen molar-refractivity contribution in [2.24, 2.45) is 7.05 Å². The van der Waals surface area contributed by atoms with Gasteiger partial charge < -0.3 is 14.2 Å². The lowest BCUT2D eigenvalue weighted by Gasteiger charge is -2.36.